The quantitative estimate of drug-likeness (QED) is 0.118. The predicted molar refractivity (Wildman–Crippen MR) is 273 cm³/mol. The number of hydrogen-bond donors (Lipinski definition) is 4. The summed E-state index contributed by atoms with van der Waals surface area (Å²) in [5, 5.41) is 11.1. The molecular weight excluding hydrogens is 877 g/mol. The van der Waals surface area contributed by atoms with Crippen molar-refractivity contribution in [3.05, 3.63) is 108 Å². The molecule has 20 nitrogen and oxygen atoms in total. The van der Waals surface area contributed by atoms with Crippen LogP contribution < -0.4 is 40.9 Å². The highest BCUT2D eigenvalue weighted by Crippen LogP contribution is 2.34. The number of amides is 4. The number of rotatable bonds is 10. The Balaban J connectivity index is 0.000000257. The van der Waals surface area contributed by atoms with Crippen molar-refractivity contribution < 1.29 is 24.8 Å². The van der Waals surface area contributed by atoms with Gasteiger partial charge in [0.25, 0.3) is 0 Å². The third kappa shape index (κ3) is 11.2. The van der Waals surface area contributed by atoms with Crippen molar-refractivity contribution in [3.8, 4) is 22.8 Å². The van der Waals surface area contributed by atoms with Crippen LogP contribution in [0.25, 0.3) is 22.8 Å². The topological polar surface area (TPSA) is 217 Å². The lowest BCUT2D eigenvalue weighted by molar-refractivity contribution is 0.0984. The number of fused-ring (bicyclic) bond motifs is 2. The number of carbonyl (C=O) groups excluding carboxylic acids is 2. The van der Waals surface area contributed by atoms with E-state index in [-0.39, 0.29) is 23.8 Å². The van der Waals surface area contributed by atoms with Crippen molar-refractivity contribution in [1.82, 2.24) is 50.5 Å². The van der Waals surface area contributed by atoms with Crippen molar-refractivity contribution in [2.75, 3.05) is 102 Å². The Hall–Kier alpha value is -7.58. The Morgan fingerprint density at radius 1 is 0.594 bits per heavy atom. The Kier molecular flexibility index (Phi) is 14.9. The van der Waals surface area contributed by atoms with Gasteiger partial charge in [-0.25, -0.2) is 49.5 Å². The lowest BCUT2D eigenvalue weighted by atomic mass is 10.0. The molecule has 4 aliphatic rings. The second-order valence-corrected chi connectivity index (χ2v) is 16.9. The summed E-state index contributed by atoms with van der Waals surface area (Å²) in [5.74, 6) is 4.72. The first kappa shape index (κ1) is 46.5. The van der Waals surface area contributed by atoms with Crippen LogP contribution in [-0.2, 0) is 35.4 Å². The lowest BCUT2D eigenvalue weighted by Crippen LogP contribution is -2.45. The number of anilines is 6. The summed E-state index contributed by atoms with van der Waals surface area (Å²) in [7, 11) is 0. The van der Waals surface area contributed by atoms with E-state index in [9.17, 15) is 9.59 Å². The van der Waals surface area contributed by atoms with Crippen LogP contribution in [0.1, 0.15) is 49.0 Å². The molecule has 69 heavy (non-hydrogen) atoms. The van der Waals surface area contributed by atoms with E-state index in [0.29, 0.717) is 87.5 Å². The van der Waals surface area contributed by atoms with Gasteiger partial charge >= 0.3 is 12.1 Å². The van der Waals surface area contributed by atoms with Gasteiger partial charge in [0.1, 0.15) is 11.6 Å². The molecule has 0 aliphatic carbocycles. The molecule has 4 amide bonds. The molecule has 2 aromatic carbocycles. The Morgan fingerprint density at radius 2 is 1.06 bits per heavy atom. The van der Waals surface area contributed by atoms with E-state index < -0.39 is 0 Å². The standard InChI is InChI=1S/C25H30N8O2.C24H28N8O2.4H2/c1-3-26-25(34)29-19-7-5-18(6-8-19)22-30-21-15-32(24-27-10-4-11-28-24)12-9-20(21)23(31-22)33-13-14-35-16-17(33)2;1-2-25-24(33)28-18-6-4-17(5-7-18)21-29-20-16-32(23-26-9-3-10-27-23)11-8-19(20)22(30-21)31-12-14-34-15-13-31;;;;/h4-8,10-11,17H,3,9,12-16H2,1-2H3,(H2,26,29,34);3-7,9-10H,2,8,11-16H2,1H3,(H2,25,28,33);4*1H/t17-;;;;;/m0...../s1. The Labute approximate surface area is 407 Å². The van der Waals surface area contributed by atoms with Gasteiger partial charge in [0.05, 0.1) is 56.9 Å². The minimum atomic E-state index is -0.225. The molecule has 366 valence electrons. The van der Waals surface area contributed by atoms with Gasteiger partial charge in [-0.1, -0.05) is 0 Å². The minimum absolute atomic E-state index is 0. The largest absolute Gasteiger partial charge is 0.378 e. The molecular formula is C49H66N16O4. The van der Waals surface area contributed by atoms with Crippen molar-refractivity contribution in [2.45, 2.75) is 52.7 Å². The van der Waals surface area contributed by atoms with E-state index in [1.54, 1.807) is 24.8 Å². The molecule has 0 unspecified atom stereocenters. The van der Waals surface area contributed by atoms with Gasteiger partial charge in [-0.2, -0.15) is 0 Å². The molecule has 8 heterocycles. The normalized spacial score (nSPS) is 16.6. The highest BCUT2D eigenvalue weighted by atomic mass is 16.5. The molecule has 6 aromatic rings. The second kappa shape index (κ2) is 22.0. The van der Waals surface area contributed by atoms with Crippen molar-refractivity contribution in [3.63, 3.8) is 0 Å². The number of nitrogens with zero attached hydrogens (tertiary/aromatic N) is 12. The molecule has 10 rings (SSSR count). The van der Waals surface area contributed by atoms with Crippen LogP contribution >= 0.6 is 0 Å². The van der Waals surface area contributed by atoms with E-state index in [1.165, 1.54) is 11.1 Å². The maximum atomic E-state index is 11.8. The molecule has 4 aromatic heterocycles. The molecule has 0 spiro atoms. The van der Waals surface area contributed by atoms with Gasteiger partial charge in [0.2, 0.25) is 11.9 Å². The van der Waals surface area contributed by atoms with E-state index in [0.717, 1.165) is 79.7 Å². The maximum absolute atomic E-state index is 11.8. The summed E-state index contributed by atoms with van der Waals surface area (Å²) in [6.07, 6.45) is 8.71. The van der Waals surface area contributed by atoms with Crippen LogP contribution in [0.2, 0.25) is 0 Å². The first-order valence-electron chi connectivity index (χ1n) is 23.6. The third-order valence-electron chi connectivity index (χ3n) is 12.2. The summed E-state index contributed by atoms with van der Waals surface area (Å²) in [4.78, 5) is 70.3. The van der Waals surface area contributed by atoms with Crippen molar-refractivity contribution >= 4 is 47.0 Å². The number of nitrogens with one attached hydrogen (secondary N) is 4. The highest BCUT2D eigenvalue weighted by molar-refractivity contribution is 5.90. The first-order chi connectivity index (χ1) is 33.8. The number of aromatic nitrogens is 8. The van der Waals surface area contributed by atoms with Crippen LogP contribution in [-0.4, -0.2) is 130 Å². The molecule has 0 saturated carbocycles. The fourth-order valence-corrected chi connectivity index (χ4v) is 8.72. The number of ether oxygens (including phenoxy) is 2. The molecule has 4 aliphatic heterocycles. The monoisotopic (exact) mass is 943 g/mol. The number of urea groups is 2. The maximum Gasteiger partial charge on any atom is 0.319 e. The van der Waals surface area contributed by atoms with E-state index in [4.69, 9.17) is 29.4 Å². The van der Waals surface area contributed by atoms with Crippen LogP contribution in [0.5, 0.6) is 0 Å². The summed E-state index contributed by atoms with van der Waals surface area (Å²) in [5.41, 5.74) is 7.58. The predicted octanol–water partition coefficient (Wildman–Crippen LogP) is 6.32. The van der Waals surface area contributed by atoms with Crippen LogP contribution in [0, 0.1) is 0 Å². The zero-order valence-corrected chi connectivity index (χ0v) is 39.3. The number of carbonyl (C=O) groups is 2. The third-order valence-corrected chi connectivity index (χ3v) is 12.2. The van der Waals surface area contributed by atoms with Gasteiger partial charge in [-0.3, -0.25) is 0 Å². The fraction of sp³-hybridized carbons (Fsp3) is 0.388. The zero-order valence-electron chi connectivity index (χ0n) is 39.3. The Morgan fingerprint density at radius 3 is 1.54 bits per heavy atom. The summed E-state index contributed by atoms with van der Waals surface area (Å²) in [6.45, 7) is 15.1. The van der Waals surface area contributed by atoms with Crippen molar-refractivity contribution in [2.24, 2.45) is 0 Å². The first-order valence-corrected chi connectivity index (χ1v) is 23.6. The number of benzene rings is 2. The van der Waals surface area contributed by atoms with E-state index in [1.807, 2.05) is 74.5 Å². The molecule has 2 fully saturated rings. The van der Waals surface area contributed by atoms with Gasteiger partial charge in [0.15, 0.2) is 11.6 Å². The molecule has 20 heteroatoms. The van der Waals surface area contributed by atoms with Crippen LogP contribution in [0.15, 0.2) is 85.5 Å². The average molecular weight is 943 g/mol. The molecule has 2 saturated heterocycles. The van der Waals surface area contributed by atoms with Gasteiger partial charge in [-0.05, 0) is 94.3 Å². The summed E-state index contributed by atoms with van der Waals surface area (Å²) < 4.78 is 11.2. The lowest BCUT2D eigenvalue weighted by Gasteiger charge is -2.37. The molecule has 0 radical (unpaired) electrons. The van der Waals surface area contributed by atoms with Crippen molar-refractivity contribution in [1.29, 1.82) is 0 Å². The zero-order chi connectivity index (χ0) is 47.5. The molecule has 0 bridgehead atoms. The smallest absolute Gasteiger partial charge is 0.319 e. The number of morpholine rings is 2. The average Bonchev–Trinajstić information content (AvgIpc) is 3.39. The van der Waals surface area contributed by atoms with Gasteiger partial charge in [-0.15, -0.1) is 0 Å². The Bertz CT molecular complexity index is 2700. The second-order valence-electron chi connectivity index (χ2n) is 16.9. The summed E-state index contributed by atoms with van der Waals surface area (Å²) in [6, 6.07) is 18.7. The SMILES string of the molecule is CCNC(=O)Nc1ccc(-c2nc3c(c(N4CCOCC4)n2)CCN(c2ncccn2)C3)cc1.CCNC(=O)Nc1ccc(-c2nc3c(c(N4CCOC[C@@H]4C)n2)CCN(c2ncccn2)C3)cc1.[HH].[HH].[HH].[HH]. The van der Waals surface area contributed by atoms with Crippen LogP contribution in [0.4, 0.5) is 44.5 Å². The van der Waals surface area contributed by atoms with E-state index >= 15 is 0 Å². The highest BCUT2D eigenvalue weighted by Gasteiger charge is 2.31. The van der Waals surface area contributed by atoms with E-state index in [2.05, 4.69) is 67.7 Å². The van der Waals surface area contributed by atoms with Crippen LogP contribution in [0.3, 0.4) is 0 Å². The molecule has 1 atom stereocenters. The van der Waals surface area contributed by atoms with Gasteiger partial charge in [0, 0.05) is 110 Å². The summed E-state index contributed by atoms with van der Waals surface area (Å²) >= 11 is 0. The fourth-order valence-electron chi connectivity index (χ4n) is 8.72. The van der Waals surface area contributed by atoms with Gasteiger partial charge < -0.3 is 50.3 Å². The minimum Gasteiger partial charge on any atom is -0.378 e. The molecule has 4 N–H and O–H groups in total. The number of hydrogen-bond acceptors (Lipinski definition) is 16.